The summed E-state index contributed by atoms with van der Waals surface area (Å²) in [7, 11) is -2.06. The Morgan fingerprint density at radius 2 is 2.25 bits per heavy atom. The first-order chi connectivity index (χ1) is 7.60. The summed E-state index contributed by atoms with van der Waals surface area (Å²) in [6, 6.07) is 0. The van der Waals surface area contributed by atoms with Crippen LogP contribution in [-0.4, -0.2) is 45.1 Å². The fraction of sp³-hybridized carbons (Fsp3) is 0.286. The molecule has 2 aromatic rings. The van der Waals surface area contributed by atoms with Crippen LogP contribution in [0.3, 0.4) is 0 Å². The van der Waals surface area contributed by atoms with Crippen molar-refractivity contribution in [1.82, 2.24) is 29.7 Å². The lowest BCUT2D eigenvalue weighted by atomic mass is 10.6. The third-order valence-electron chi connectivity index (χ3n) is 2.02. The first-order valence-electron chi connectivity index (χ1n) is 4.40. The van der Waals surface area contributed by atoms with Crippen LogP contribution < -0.4 is 0 Å². The first kappa shape index (κ1) is 10.8. The zero-order valence-electron chi connectivity index (χ0n) is 8.45. The van der Waals surface area contributed by atoms with Gasteiger partial charge in [0.05, 0.1) is 12.7 Å². The molecule has 0 aliphatic carbocycles. The van der Waals surface area contributed by atoms with Crippen LogP contribution in [0, 0.1) is 0 Å². The predicted molar refractivity (Wildman–Crippen MR) is 53.6 cm³/mol. The molecule has 0 radical (unpaired) electrons. The Kier molecular flexibility index (Phi) is 2.71. The quantitative estimate of drug-likeness (QED) is 0.740. The summed E-state index contributed by atoms with van der Waals surface area (Å²) in [5.74, 6) is 0.481. The van der Waals surface area contributed by atoms with Crippen LogP contribution in [0.4, 0.5) is 0 Å². The molecule has 2 aromatic heterocycles. The maximum atomic E-state index is 11.9. The Labute approximate surface area is 91.8 Å². The average molecular weight is 242 g/mol. The van der Waals surface area contributed by atoms with Crippen molar-refractivity contribution in [3.63, 3.8) is 0 Å². The Bertz CT molecular complexity index is 531. The van der Waals surface area contributed by atoms with Gasteiger partial charge in [-0.25, -0.2) is 13.4 Å². The molecular weight excluding hydrogens is 232 g/mol. The Morgan fingerprint density at radius 3 is 2.81 bits per heavy atom. The van der Waals surface area contributed by atoms with Crippen LogP contribution >= 0.6 is 0 Å². The zero-order valence-corrected chi connectivity index (χ0v) is 9.27. The lowest BCUT2D eigenvalue weighted by Crippen LogP contribution is -2.26. The van der Waals surface area contributed by atoms with Crippen LogP contribution in [0.1, 0.15) is 5.82 Å². The molecule has 0 bridgehead atoms. The molecule has 0 aromatic carbocycles. The second-order valence-corrected chi connectivity index (χ2v) is 5.17. The molecule has 8 nitrogen and oxygen atoms in total. The molecule has 2 rings (SSSR count). The number of nitrogens with one attached hydrogen (secondary N) is 2. The summed E-state index contributed by atoms with van der Waals surface area (Å²) >= 11 is 0. The second-order valence-electron chi connectivity index (χ2n) is 3.13. The van der Waals surface area contributed by atoms with E-state index in [-0.39, 0.29) is 11.4 Å². The minimum Gasteiger partial charge on any atom is -0.284 e. The van der Waals surface area contributed by atoms with Crippen LogP contribution in [0.15, 0.2) is 23.6 Å². The average Bonchev–Trinajstić information content (AvgIpc) is 2.89. The predicted octanol–water partition coefficient (Wildman–Crippen LogP) is -0.651. The molecule has 0 aliphatic heterocycles. The first-order valence-corrected chi connectivity index (χ1v) is 5.84. The van der Waals surface area contributed by atoms with Crippen molar-refractivity contribution >= 4 is 10.0 Å². The summed E-state index contributed by atoms with van der Waals surface area (Å²) in [4.78, 5) is 3.97. The van der Waals surface area contributed by atoms with Crippen molar-refractivity contribution in [3.8, 4) is 0 Å². The Morgan fingerprint density at radius 1 is 1.44 bits per heavy atom. The number of aromatic amines is 2. The number of nitrogens with zero attached hydrogens (tertiary/aromatic N) is 4. The van der Waals surface area contributed by atoms with Gasteiger partial charge in [0.2, 0.25) is 10.0 Å². The Hall–Kier alpha value is -1.74. The summed E-state index contributed by atoms with van der Waals surface area (Å²) in [6.07, 6.45) is 3.91. The SMILES string of the molecule is CN(Cc1ncn[nH]1)S(=O)(=O)c1cn[nH]c1. The van der Waals surface area contributed by atoms with Gasteiger partial charge in [-0.15, -0.1) is 0 Å². The van der Waals surface area contributed by atoms with Gasteiger partial charge in [0.1, 0.15) is 17.0 Å². The lowest BCUT2D eigenvalue weighted by Gasteiger charge is -2.13. The van der Waals surface area contributed by atoms with E-state index in [4.69, 9.17) is 0 Å². The van der Waals surface area contributed by atoms with E-state index < -0.39 is 10.0 Å². The van der Waals surface area contributed by atoms with Crippen molar-refractivity contribution < 1.29 is 8.42 Å². The van der Waals surface area contributed by atoms with Gasteiger partial charge in [0.15, 0.2) is 0 Å². The Balaban J connectivity index is 2.19. The van der Waals surface area contributed by atoms with Gasteiger partial charge in [-0.1, -0.05) is 0 Å². The zero-order chi connectivity index (χ0) is 11.6. The summed E-state index contributed by atoms with van der Waals surface area (Å²) < 4.78 is 25.0. The molecule has 0 spiro atoms. The molecule has 0 fully saturated rings. The highest BCUT2D eigenvalue weighted by atomic mass is 32.2. The molecule has 9 heteroatoms. The topological polar surface area (TPSA) is 108 Å². The lowest BCUT2D eigenvalue weighted by molar-refractivity contribution is 0.457. The highest BCUT2D eigenvalue weighted by molar-refractivity contribution is 7.89. The third kappa shape index (κ3) is 1.95. The van der Waals surface area contributed by atoms with Crippen molar-refractivity contribution in [1.29, 1.82) is 0 Å². The number of rotatable bonds is 4. The van der Waals surface area contributed by atoms with E-state index in [2.05, 4.69) is 25.4 Å². The highest BCUT2D eigenvalue weighted by Gasteiger charge is 2.22. The van der Waals surface area contributed by atoms with Gasteiger partial charge in [0.25, 0.3) is 0 Å². The molecule has 0 unspecified atom stereocenters. The molecule has 0 atom stereocenters. The molecular formula is C7H10N6O2S. The van der Waals surface area contributed by atoms with Crippen molar-refractivity contribution in [2.75, 3.05) is 7.05 Å². The molecule has 0 saturated heterocycles. The van der Waals surface area contributed by atoms with Gasteiger partial charge in [-0.2, -0.15) is 14.5 Å². The van der Waals surface area contributed by atoms with Gasteiger partial charge in [-0.3, -0.25) is 10.2 Å². The van der Waals surface area contributed by atoms with E-state index in [0.717, 1.165) is 0 Å². The second kappa shape index (κ2) is 4.02. The molecule has 16 heavy (non-hydrogen) atoms. The van der Waals surface area contributed by atoms with E-state index >= 15 is 0 Å². The van der Waals surface area contributed by atoms with E-state index in [9.17, 15) is 8.42 Å². The van der Waals surface area contributed by atoms with Crippen LogP contribution in [0.5, 0.6) is 0 Å². The number of hydrogen-bond donors (Lipinski definition) is 2. The molecule has 0 aliphatic rings. The fourth-order valence-electron chi connectivity index (χ4n) is 1.16. The number of aromatic nitrogens is 5. The molecule has 2 N–H and O–H groups in total. The maximum Gasteiger partial charge on any atom is 0.246 e. The third-order valence-corrected chi connectivity index (χ3v) is 3.79. The minimum absolute atomic E-state index is 0.120. The van der Waals surface area contributed by atoms with E-state index in [1.54, 1.807) is 0 Å². The van der Waals surface area contributed by atoms with Crippen molar-refractivity contribution in [2.24, 2.45) is 0 Å². The maximum absolute atomic E-state index is 11.9. The van der Waals surface area contributed by atoms with Crippen LogP contribution in [0.25, 0.3) is 0 Å². The van der Waals surface area contributed by atoms with Gasteiger partial charge >= 0.3 is 0 Å². The largest absolute Gasteiger partial charge is 0.284 e. The van der Waals surface area contributed by atoms with Crippen molar-refractivity contribution in [3.05, 3.63) is 24.5 Å². The molecule has 2 heterocycles. The van der Waals surface area contributed by atoms with Crippen LogP contribution in [0.2, 0.25) is 0 Å². The van der Waals surface area contributed by atoms with Gasteiger partial charge < -0.3 is 0 Å². The van der Waals surface area contributed by atoms with E-state index in [1.807, 2.05) is 0 Å². The summed E-state index contributed by atoms with van der Waals surface area (Å²) in [6.45, 7) is 0.132. The van der Waals surface area contributed by atoms with E-state index in [1.165, 1.54) is 30.1 Å². The molecule has 86 valence electrons. The number of hydrogen-bond acceptors (Lipinski definition) is 5. The normalized spacial score (nSPS) is 12.1. The standard InChI is InChI=1S/C7H10N6O2S/c1-13(4-7-8-5-11-12-7)16(14,15)6-2-9-10-3-6/h2-3,5H,4H2,1H3,(H,9,10)(H,8,11,12). The summed E-state index contributed by atoms with van der Waals surface area (Å²) in [5, 5.41) is 12.3. The van der Waals surface area contributed by atoms with Gasteiger partial charge in [0, 0.05) is 13.2 Å². The number of sulfonamides is 1. The van der Waals surface area contributed by atoms with Crippen molar-refractivity contribution in [2.45, 2.75) is 11.4 Å². The monoisotopic (exact) mass is 242 g/mol. The smallest absolute Gasteiger partial charge is 0.246 e. The minimum atomic E-state index is -3.52. The van der Waals surface area contributed by atoms with Gasteiger partial charge in [-0.05, 0) is 0 Å². The molecule has 0 saturated carbocycles. The molecule has 0 amide bonds. The number of H-pyrrole nitrogens is 2. The van der Waals surface area contributed by atoms with Crippen LogP contribution in [-0.2, 0) is 16.6 Å². The highest BCUT2D eigenvalue weighted by Crippen LogP contribution is 2.13. The fourth-order valence-corrected chi connectivity index (χ4v) is 2.20. The summed E-state index contributed by atoms with van der Waals surface area (Å²) in [5.41, 5.74) is 0. The van der Waals surface area contributed by atoms with E-state index in [0.29, 0.717) is 5.82 Å².